The summed E-state index contributed by atoms with van der Waals surface area (Å²) in [6.07, 6.45) is 0. The minimum atomic E-state index is -0.370. The first-order valence-electron chi connectivity index (χ1n) is 8.17. The fourth-order valence-corrected chi connectivity index (χ4v) is 2.42. The lowest BCUT2D eigenvalue weighted by molar-refractivity contribution is -0.668. The van der Waals surface area contributed by atoms with Gasteiger partial charge >= 0.3 is 0 Å². The maximum Gasteiger partial charge on any atom is 0.277 e. The van der Waals surface area contributed by atoms with E-state index in [1.807, 2.05) is 0 Å². The maximum atomic E-state index is 11.7. The van der Waals surface area contributed by atoms with Crippen molar-refractivity contribution in [1.82, 2.24) is 15.6 Å². The number of hydrogen-bond donors (Lipinski definition) is 3. The zero-order chi connectivity index (χ0) is 17.4. The molecule has 0 spiro atoms. The number of amides is 1. The van der Waals surface area contributed by atoms with Crippen molar-refractivity contribution in [3.8, 4) is 0 Å². The first-order valence-corrected chi connectivity index (χ1v) is 8.17. The molecule has 0 radical (unpaired) electrons. The van der Waals surface area contributed by atoms with E-state index >= 15 is 0 Å². The quantitative estimate of drug-likeness (QED) is 0.556. The summed E-state index contributed by atoms with van der Waals surface area (Å²) in [7, 11) is 0. The predicted molar refractivity (Wildman–Crippen MR) is 91.5 cm³/mol. The number of nitrogen functional groups attached to an aromatic ring is 1. The van der Waals surface area contributed by atoms with Gasteiger partial charge in [-0.15, -0.1) is 0 Å². The first-order chi connectivity index (χ1) is 11.7. The van der Waals surface area contributed by atoms with Crippen molar-refractivity contribution in [2.75, 3.05) is 36.8 Å². The van der Waals surface area contributed by atoms with E-state index in [0.717, 1.165) is 26.2 Å². The van der Waals surface area contributed by atoms with Crippen molar-refractivity contribution in [3.05, 3.63) is 35.5 Å². The molecule has 0 aliphatic heterocycles. The summed E-state index contributed by atoms with van der Waals surface area (Å²) in [6.45, 7) is 8.46. The van der Waals surface area contributed by atoms with Crippen LogP contribution in [0.5, 0.6) is 0 Å². The number of hydrogen-bond acceptors (Lipinski definition) is 6. The smallest absolute Gasteiger partial charge is 0.277 e. The Morgan fingerprint density at radius 1 is 1.25 bits per heavy atom. The minimum absolute atomic E-state index is 0.00442. The van der Waals surface area contributed by atoms with Crippen LogP contribution >= 0.6 is 0 Å². The molecule has 0 unspecified atom stereocenters. The van der Waals surface area contributed by atoms with Crippen LogP contribution in [0.3, 0.4) is 0 Å². The average molecular weight is 333 g/mol. The van der Waals surface area contributed by atoms with Crippen molar-refractivity contribution >= 4 is 17.4 Å². The topological polar surface area (TPSA) is 114 Å². The van der Waals surface area contributed by atoms with Crippen LogP contribution in [0, 0.1) is 0 Å². The van der Waals surface area contributed by atoms with Gasteiger partial charge in [0.1, 0.15) is 6.54 Å². The number of quaternary nitrogens is 1. The van der Waals surface area contributed by atoms with Crippen molar-refractivity contribution in [2.45, 2.75) is 20.4 Å². The van der Waals surface area contributed by atoms with E-state index in [1.54, 1.807) is 0 Å². The van der Waals surface area contributed by atoms with Crippen molar-refractivity contribution in [1.29, 1.82) is 0 Å². The monoisotopic (exact) mass is 333 g/mol. The zero-order valence-corrected chi connectivity index (χ0v) is 14.2. The number of benzene rings is 1. The highest BCUT2D eigenvalue weighted by Gasteiger charge is 2.15. The molecule has 0 aliphatic rings. The minimum Gasteiger partial charge on any atom is -0.379 e. The van der Waals surface area contributed by atoms with Gasteiger partial charge in [-0.2, -0.15) is 0 Å². The second-order valence-corrected chi connectivity index (χ2v) is 5.37. The summed E-state index contributed by atoms with van der Waals surface area (Å²) in [5, 5.41) is 11.7. The summed E-state index contributed by atoms with van der Waals surface area (Å²) in [5.74, 6) is -0.365. The Balaban J connectivity index is 1.69. The third-order valence-electron chi connectivity index (χ3n) is 3.81. The van der Waals surface area contributed by atoms with Gasteiger partial charge < -0.3 is 21.3 Å². The summed E-state index contributed by atoms with van der Waals surface area (Å²) >= 11 is 0. The number of anilines is 2. The zero-order valence-electron chi connectivity index (χ0n) is 14.2. The van der Waals surface area contributed by atoms with E-state index < -0.39 is 0 Å². The van der Waals surface area contributed by atoms with Crippen molar-refractivity contribution in [3.63, 3.8) is 0 Å². The molecule has 8 heteroatoms. The number of nitrogens with zero attached hydrogens (tertiary/aromatic N) is 3. The van der Waals surface area contributed by atoms with Crippen LogP contribution in [0.25, 0.3) is 0 Å². The van der Waals surface area contributed by atoms with Gasteiger partial charge in [-0.3, -0.25) is 4.79 Å². The number of carbonyl (C=O) groups excluding carboxylic acids is 1. The standard InChI is InChI=1S/C16H24N6O2/c1-3-22(4-2)13-7-5-12(6-8-13)11-18-9-10-19-16(23)14-15(17)21-24-20-14/h5-8,18H,3-4,9-11H2,1-2H3,(H2,17,21)(H,19,23)/p+1. The van der Waals surface area contributed by atoms with Gasteiger partial charge in [0.25, 0.3) is 5.91 Å². The van der Waals surface area contributed by atoms with Crippen LogP contribution in [-0.2, 0) is 6.54 Å². The number of aromatic nitrogens is 2. The predicted octanol–water partition coefficient (Wildman–Crippen LogP) is -0.00860. The Morgan fingerprint density at radius 2 is 1.96 bits per heavy atom. The molecule has 130 valence electrons. The Labute approximate surface area is 141 Å². The number of carbonyl (C=O) groups is 1. The maximum absolute atomic E-state index is 11.7. The van der Waals surface area contributed by atoms with E-state index in [9.17, 15) is 4.79 Å². The van der Waals surface area contributed by atoms with Gasteiger partial charge in [-0.25, -0.2) is 4.63 Å². The lowest BCUT2D eigenvalue weighted by Gasteiger charge is -2.21. The first kappa shape index (κ1) is 17.7. The Morgan fingerprint density at radius 3 is 2.54 bits per heavy atom. The molecule has 0 saturated carbocycles. The molecule has 2 aromatic rings. The molecule has 1 heterocycles. The Hall–Kier alpha value is -2.61. The van der Waals surface area contributed by atoms with Gasteiger partial charge in [0.15, 0.2) is 0 Å². The van der Waals surface area contributed by atoms with Gasteiger partial charge in [-0.1, -0.05) is 12.1 Å². The van der Waals surface area contributed by atoms with Crippen LogP contribution < -0.4 is 21.3 Å². The van der Waals surface area contributed by atoms with Crippen LogP contribution in [0.4, 0.5) is 11.5 Å². The highest BCUT2D eigenvalue weighted by molar-refractivity contribution is 5.95. The van der Waals surface area contributed by atoms with E-state index in [2.05, 4.69) is 68.6 Å². The number of nitrogens with one attached hydrogen (secondary N) is 1. The van der Waals surface area contributed by atoms with Gasteiger partial charge in [0, 0.05) is 24.3 Å². The third kappa shape index (κ3) is 4.69. The second-order valence-electron chi connectivity index (χ2n) is 5.37. The molecule has 24 heavy (non-hydrogen) atoms. The molecule has 5 N–H and O–H groups in total. The molecular weight excluding hydrogens is 308 g/mol. The van der Waals surface area contributed by atoms with E-state index in [4.69, 9.17) is 5.73 Å². The summed E-state index contributed by atoms with van der Waals surface area (Å²) in [4.78, 5) is 14.1. The second kappa shape index (κ2) is 8.88. The van der Waals surface area contributed by atoms with Crippen molar-refractivity contribution in [2.24, 2.45) is 0 Å². The van der Waals surface area contributed by atoms with Crippen molar-refractivity contribution < 1.29 is 14.7 Å². The summed E-state index contributed by atoms with van der Waals surface area (Å²) < 4.78 is 4.40. The van der Waals surface area contributed by atoms with Crippen LogP contribution in [0.15, 0.2) is 28.9 Å². The van der Waals surface area contributed by atoms with Crippen LogP contribution in [0.2, 0.25) is 0 Å². The molecule has 0 bridgehead atoms. The highest BCUT2D eigenvalue weighted by atomic mass is 16.6. The molecule has 1 aromatic carbocycles. The average Bonchev–Trinajstić information content (AvgIpc) is 3.03. The SMILES string of the molecule is CCN(CC)c1ccc(C[NH2+]CCNC(=O)c2nonc2N)cc1. The van der Waals surface area contributed by atoms with Gasteiger partial charge in [-0.05, 0) is 36.3 Å². The molecule has 1 amide bonds. The van der Waals surface area contributed by atoms with E-state index in [-0.39, 0.29) is 17.4 Å². The fourth-order valence-electron chi connectivity index (χ4n) is 2.42. The largest absolute Gasteiger partial charge is 0.379 e. The lowest BCUT2D eigenvalue weighted by atomic mass is 10.2. The summed E-state index contributed by atoms with van der Waals surface area (Å²) in [5.41, 5.74) is 7.99. The molecule has 1 aromatic heterocycles. The Bertz CT molecular complexity index is 636. The van der Waals surface area contributed by atoms with Gasteiger partial charge in [0.2, 0.25) is 11.5 Å². The fraction of sp³-hybridized carbons (Fsp3) is 0.438. The molecule has 0 fully saturated rings. The number of nitrogens with two attached hydrogens (primary N) is 2. The summed E-state index contributed by atoms with van der Waals surface area (Å²) in [6, 6.07) is 8.59. The normalized spacial score (nSPS) is 10.6. The van der Waals surface area contributed by atoms with Gasteiger partial charge in [0.05, 0.1) is 13.1 Å². The molecular formula is C16H25N6O2+. The molecule has 0 atom stereocenters. The molecule has 0 saturated heterocycles. The molecule has 2 rings (SSSR count). The molecule has 8 nitrogen and oxygen atoms in total. The lowest BCUT2D eigenvalue weighted by Crippen LogP contribution is -2.84. The Kier molecular flexibility index (Phi) is 6.56. The third-order valence-corrected chi connectivity index (χ3v) is 3.81. The van der Waals surface area contributed by atoms with Crippen LogP contribution in [0.1, 0.15) is 29.9 Å². The highest BCUT2D eigenvalue weighted by Crippen LogP contribution is 2.14. The van der Waals surface area contributed by atoms with Crippen LogP contribution in [-0.4, -0.2) is 42.4 Å². The van der Waals surface area contributed by atoms with E-state index in [0.29, 0.717) is 6.54 Å². The van der Waals surface area contributed by atoms with E-state index in [1.165, 1.54) is 11.3 Å². The number of rotatable bonds is 9. The molecule has 0 aliphatic carbocycles.